The fourth-order valence-corrected chi connectivity index (χ4v) is 4.40. The van der Waals surface area contributed by atoms with Crippen LogP contribution in [-0.2, 0) is 9.59 Å². The van der Waals surface area contributed by atoms with Crippen molar-refractivity contribution in [3.05, 3.63) is 81.7 Å². The molecule has 0 saturated carbocycles. The highest BCUT2D eigenvalue weighted by molar-refractivity contribution is 8.18. The van der Waals surface area contributed by atoms with Crippen LogP contribution in [0.5, 0.6) is 5.75 Å². The zero-order valence-electron chi connectivity index (χ0n) is 16.6. The van der Waals surface area contributed by atoms with E-state index >= 15 is 0 Å². The number of hydrogen-bond donors (Lipinski definition) is 0. The standard InChI is InChI=1S/C24H18ClNO4S/c1-15-5-4-6-16(13-15)14-21-23(28)26(24(29)31-21)12-11-22(27)30-20-10-9-19(25)17-7-2-3-8-18(17)20/h2-10,13-14H,11-12H2,1H3/b21-14-. The van der Waals surface area contributed by atoms with Gasteiger partial charge in [0, 0.05) is 22.3 Å². The first-order valence-electron chi connectivity index (χ1n) is 9.62. The third-order valence-corrected chi connectivity index (χ3v) is 6.04. The van der Waals surface area contributed by atoms with Crippen LogP contribution in [0.15, 0.2) is 65.6 Å². The highest BCUT2D eigenvalue weighted by atomic mass is 35.5. The summed E-state index contributed by atoms with van der Waals surface area (Å²) in [4.78, 5) is 38.7. The summed E-state index contributed by atoms with van der Waals surface area (Å²) in [5, 5.41) is 1.67. The lowest BCUT2D eigenvalue weighted by atomic mass is 10.1. The smallest absolute Gasteiger partial charge is 0.313 e. The van der Waals surface area contributed by atoms with Gasteiger partial charge in [-0.25, -0.2) is 0 Å². The van der Waals surface area contributed by atoms with Gasteiger partial charge in [0.1, 0.15) is 5.75 Å². The van der Waals surface area contributed by atoms with Gasteiger partial charge in [0.2, 0.25) is 0 Å². The summed E-state index contributed by atoms with van der Waals surface area (Å²) >= 11 is 7.07. The van der Waals surface area contributed by atoms with Crippen LogP contribution in [0.3, 0.4) is 0 Å². The third kappa shape index (κ3) is 4.65. The Bertz CT molecular complexity index is 1240. The average Bonchev–Trinajstić information content (AvgIpc) is 3.01. The highest BCUT2D eigenvalue weighted by Gasteiger charge is 2.35. The van der Waals surface area contributed by atoms with Crippen molar-refractivity contribution < 1.29 is 19.1 Å². The minimum atomic E-state index is -0.533. The Labute approximate surface area is 188 Å². The maximum Gasteiger partial charge on any atom is 0.313 e. The molecule has 3 aromatic carbocycles. The van der Waals surface area contributed by atoms with E-state index in [9.17, 15) is 14.4 Å². The summed E-state index contributed by atoms with van der Waals surface area (Å²) < 4.78 is 5.48. The molecule has 1 fully saturated rings. The predicted molar refractivity (Wildman–Crippen MR) is 123 cm³/mol. The quantitative estimate of drug-likeness (QED) is 0.277. The summed E-state index contributed by atoms with van der Waals surface area (Å²) in [5.41, 5.74) is 1.91. The van der Waals surface area contributed by atoms with Crippen molar-refractivity contribution >= 4 is 57.3 Å². The van der Waals surface area contributed by atoms with Gasteiger partial charge in [0.25, 0.3) is 11.1 Å². The molecular weight excluding hydrogens is 434 g/mol. The second-order valence-electron chi connectivity index (χ2n) is 7.06. The normalized spacial score (nSPS) is 15.2. The Morgan fingerprint density at radius 2 is 1.84 bits per heavy atom. The van der Waals surface area contributed by atoms with Crippen molar-refractivity contribution in [2.75, 3.05) is 6.54 Å². The van der Waals surface area contributed by atoms with E-state index in [1.807, 2.05) is 55.5 Å². The number of nitrogens with zero attached hydrogens (tertiary/aromatic N) is 1. The van der Waals surface area contributed by atoms with Crippen molar-refractivity contribution in [1.82, 2.24) is 4.90 Å². The van der Waals surface area contributed by atoms with Crippen molar-refractivity contribution in [3.63, 3.8) is 0 Å². The molecule has 1 aliphatic heterocycles. The van der Waals surface area contributed by atoms with E-state index in [-0.39, 0.29) is 13.0 Å². The highest BCUT2D eigenvalue weighted by Crippen LogP contribution is 2.33. The van der Waals surface area contributed by atoms with Gasteiger partial charge in [-0.05, 0) is 42.5 Å². The maximum atomic E-state index is 12.6. The van der Waals surface area contributed by atoms with Gasteiger partial charge in [0.15, 0.2) is 0 Å². The molecule has 0 bridgehead atoms. The number of imide groups is 1. The molecule has 2 amide bonds. The number of benzene rings is 3. The molecule has 4 rings (SSSR count). The molecule has 0 spiro atoms. The topological polar surface area (TPSA) is 63.7 Å². The summed E-state index contributed by atoms with van der Waals surface area (Å²) in [6.45, 7) is 1.92. The second kappa shape index (κ2) is 8.96. The van der Waals surface area contributed by atoms with Gasteiger partial charge in [-0.2, -0.15) is 0 Å². The van der Waals surface area contributed by atoms with Crippen LogP contribution < -0.4 is 4.74 Å². The Morgan fingerprint density at radius 1 is 1.06 bits per heavy atom. The molecular formula is C24H18ClNO4S. The molecule has 0 radical (unpaired) electrons. The zero-order valence-corrected chi connectivity index (χ0v) is 18.2. The van der Waals surface area contributed by atoms with Crippen LogP contribution in [0.1, 0.15) is 17.5 Å². The molecule has 1 heterocycles. The molecule has 1 aliphatic rings. The molecule has 0 unspecified atom stereocenters. The molecule has 7 heteroatoms. The van der Waals surface area contributed by atoms with E-state index in [4.69, 9.17) is 16.3 Å². The molecule has 1 saturated heterocycles. The zero-order chi connectivity index (χ0) is 22.0. The van der Waals surface area contributed by atoms with Crippen LogP contribution in [0.4, 0.5) is 4.79 Å². The van der Waals surface area contributed by atoms with Gasteiger partial charge in [0.05, 0.1) is 11.3 Å². The van der Waals surface area contributed by atoms with Crippen molar-refractivity contribution in [2.45, 2.75) is 13.3 Å². The van der Waals surface area contributed by atoms with Gasteiger partial charge in [-0.3, -0.25) is 19.3 Å². The Kier molecular flexibility index (Phi) is 6.11. The molecule has 5 nitrogen and oxygen atoms in total. The van der Waals surface area contributed by atoms with E-state index in [2.05, 4.69) is 0 Å². The molecule has 0 aliphatic carbocycles. The number of rotatable bonds is 5. The van der Waals surface area contributed by atoms with Gasteiger partial charge in [-0.15, -0.1) is 0 Å². The first-order valence-corrected chi connectivity index (χ1v) is 10.8. The van der Waals surface area contributed by atoms with Crippen molar-refractivity contribution in [1.29, 1.82) is 0 Å². The number of thioether (sulfide) groups is 1. The Hall–Kier alpha value is -3.09. The number of esters is 1. The SMILES string of the molecule is Cc1cccc(/C=C2\SC(=O)N(CCC(=O)Oc3ccc(Cl)c4ccccc34)C2=O)c1. The number of hydrogen-bond acceptors (Lipinski definition) is 5. The predicted octanol–water partition coefficient (Wildman–Crippen LogP) is 5.83. The van der Waals surface area contributed by atoms with Crippen LogP contribution in [-0.4, -0.2) is 28.6 Å². The lowest BCUT2D eigenvalue weighted by Crippen LogP contribution is -2.31. The van der Waals surface area contributed by atoms with Crippen LogP contribution >= 0.6 is 23.4 Å². The number of halogens is 1. The molecule has 0 atom stereocenters. The second-order valence-corrected chi connectivity index (χ2v) is 8.46. The summed E-state index contributed by atoms with van der Waals surface area (Å²) in [7, 11) is 0. The molecule has 156 valence electrons. The minimum Gasteiger partial charge on any atom is -0.426 e. The number of ether oxygens (including phenoxy) is 1. The Morgan fingerprint density at radius 3 is 2.61 bits per heavy atom. The maximum absolute atomic E-state index is 12.6. The summed E-state index contributed by atoms with van der Waals surface area (Å²) in [6, 6.07) is 18.3. The number of fused-ring (bicyclic) bond motifs is 1. The number of amides is 2. The van der Waals surface area contributed by atoms with Crippen LogP contribution in [0, 0.1) is 6.92 Å². The van der Waals surface area contributed by atoms with Crippen molar-refractivity contribution in [3.8, 4) is 5.75 Å². The summed E-state index contributed by atoms with van der Waals surface area (Å²) in [5.74, 6) is -0.547. The van der Waals surface area contributed by atoms with E-state index in [1.165, 1.54) is 0 Å². The van der Waals surface area contributed by atoms with Gasteiger partial charge in [-0.1, -0.05) is 65.7 Å². The van der Waals surface area contributed by atoms with Gasteiger partial charge < -0.3 is 4.74 Å². The van der Waals surface area contributed by atoms with E-state index in [0.29, 0.717) is 15.7 Å². The minimum absolute atomic E-state index is 0.0415. The van der Waals surface area contributed by atoms with E-state index in [1.54, 1.807) is 18.2 Å². The van der Waals surface area contributed by atoms with E-state index in [0.717, 1.165) is 38.6 Å². The largest absolute Gasteiger partial charge is 0.426 e. The molecule has 3 aromatic rings. The fourth-order valence-electron chi connectivity index (χ4n) is 3.30. The summed E-state index contributed by atoms with van der Waals surface area (Å²) in [6.07, 6.45) is 1.59. The molecule has 31 heavy (non-hydrogen) atoms. The number of aryl methyl sites for hydroxylation is 1. The number of carbonyl (C=O) groups excluding carboxylic acids is 3. The molecule has 0 aromatic heterocycles. The van der Waals surface area contributed by atoms with Gasteiger partial charge >= 0.3 is 5.97 Å². The van der Waals surface area contributed by atoms with Crippen molar-refractivity contribution in [2.24, 2.45) is 0 Å². The Balaban J connectivity index is 1.42. The monoisotopic (exact) mass is 451 g/mol. The fraction of sp³-hybridized carbons (Fsp3) is 0.125. The average molecular weight is 452 g/mol. The lowest BCUT2D eigenvalue weighted by Gasteiger charge is -2.13. The first-order chi connectivity index (χ1) is 14.9. The van der Waals surface area contributed by atoms with Crippen LogP contribution in [0.25, 0.3) is 16.8 Å². The van der Waals surface area contributed by atoms with Crippen LogP contribution in [0.2, 0.25) is 5.02 Å². The molecule has 0 N–H and O–H groups in total. The van der Waals surface area contributed by atoms with E-state index < -0.39 is 17.1 Å². The first kappa shape index (κ1) is 21.2. The lowest BCUT2D eigenvalue weighted by molar-refractivity contribution is -0.134. The number of carbonyl (C=O) groups is 3. The third-order valence-electron chi connectivity index (χ3n) is 4.81.